The number of hydrogen-bond donors (Lipinski definition) is 2. The summed E-state index contributed by atoms with van der Waals surface area (Å²) in [5, 5.41) is 7.88. The number of hydrogen-bond acceptors (Lipinski definition) is 7. The van der Waals surface area contributed by atoms with E-state index in [0.29, 0.717) is 39.2 Å². The molecule has 0 aliphatic carbocycles. The second-order valence-electron chi connectivity index (χ2n) is 9.12. The number of nitrogens with zero attached hydrogens (tertiary/aromatic N) is 5. The average molecular weight is 526 g/mol. The van der Waals surface area contributed by atoms with Crippen LogP contribution in [-0.4, -0.2) is 38.5 Å². The van der Waals surface area contributed by atoms with Gasteiger partial charge in [-0.25, -0.2) is 23.7 Å². The van der Waals surface area contributed by atoms with Crippen molar-refractivity contribution in [2.45, 2.75) is 31.7 Å². The Balaban J connectivity index is 1.49. The SMILES string of the molecule is CC(Nc1cc(=O)n(C)c2c(Nc3cc(N4CCC(F)(F)CC4)ncc3Cl)cccc12)c1ncccn1. The molecule has 0 saturated carbocycles. The standard InChI is InChI=1S/C26H26ClF2N7O/c1-16(25-30-9-4-10-31-25)33-20-14-23(37)35(2)24-17(20)5-3-6-19(24)34-21-13-22(32-15-18(21)27)36-11-7-26(28,29)8-12-36/h3-6,9-10,13-16,33H,7-8,11-12H2,1-2H3,(H,32,34). The first-order valence-electron chi connectivity index (χ1n) is 11.9. The van der Waals surface area contributed by atoms with E-state index in [0.717, 1.165) is 5.39 Å². The highest BCUT2D eigenvalue weighted by atomic mass is 35.5. The maximum absolute atomic E-state index is 13.6. The minimum absolute atomic E-state index is 0.193. The van der Waals surface area contributed by atoms with E-state index in [1.54, 1.807) is 42.2 Å². The van der Waals surface area contributed by atoms with Crippen LogP contribution in [-0.2, 0) is 7.05 Å². The summed E-state index contributed by atoms with van der Waals surface area (Å²) in [6.45, 7) is 2.35. The van der Waals surface area contributed by atoms with Crippen LogP contribution in [0, 0.1) is 0 Å². The van der Waals surface area contributed by atoms with Crippen LogP contribution in [0.3, 0.4) is 0 Å². The number of fused-ring (bicyclic) bond motifs is 1. The van der Waals surface area contributed by atoms with Crippen molar-refractivity contribution in [1.29, 1.82) is 0 Å². The van der Waals surface area contributed by atoms with E-state index in [-0.39, 0.29) is 37.5 Å². The van der Waals surface area contributed by atoms with E-state index in [4.69, 9.17) is 11.6 Å². The maximum Gasteiger partial charge on any atom is 0.252 e. The summed E-state index contributed by atoms with van der Waals surface area (Å²) in [7, 11) is 1.71. The zero-order valence-corrected chi connectivity index (χ0v) is 21.1. The van der Waals surface area contributed by atoms with Gasteiger partial charge in [-0.15, -0.1) is 0 Å². The molecule has 3 aromatic heterocycles. The van der Waals surface area contributed by atoms with Crippen molar-refractivity contribution < 1.29 is 8.78 Å². The molecule has 1 aliphatic heterocycles. The Morgan fingerprint density at radius 1 is 1.03 bits per heavy atom. The lowest BCUT2D eigenvalue weighted by Crippen LogP contribution is -2.39. The highest BCUT2D eigenvalue weighted by molar-refractivity contribution is 6.33. The largest absolute Gasteiger partial charge is 0.375 e. The van der Waals surface area contributed by atoms with E-state index < -0.39 is 5.92 Å². The summed E-state index contributed by atoms with van der Waals surface area (Å²) in [4.78, 5) is 27.7. The summed E-state index contributed by atoms with van der Waals surface area (Å²) >= 11 is 6.46. The molecule has 0 amide bonds. The van der Waals surface area contributed by atoms with Crippen LogP contribution >= 0.6 is 11.6 Å². The van der Waals surface area contributed by atoms with E-state index in [2.05, 4.69) is 25.6 Å². The molecule has 5 rings (SSSR count). The normalized spacial score (nSPS) is 16.0. The predicted molar refractivity (Wildman–Crippen MR) is 142 cm³/mol. The number of anilines is 4. The minimum atomic E-state index is -2.65. The third kappa shape index (κ3) is 5.20. The van der Waals surface area contributed by atoms with Crippen molar-refractivity contribution in [2.75, 3.05) is 28.6 Å². The monoisotopic (exact) mass is 525 g/mol. The first-order valence-corrected chi connectivity index (χ1v) is 12.3. The smallest absolute Gasteiger partial charge is 0.252 e. The molecule has 4 heterocycles. The van der Waals surface area contributed by atoms with Gasteiger partial charge in [0.05, 0.1) is 34.2 Å². The molecular weight excluding hydrogens is 500 g/mol. The molecule has 1 aromatic carbocycles. The van der Waals surface area contributed by atoms with Crippen LogP contribution < -0.4 is 21.1 Å². The molecule has 1 aliphatic rings. The number of pyridine rings is 2. The van der Waals surface area contributed by atoms with Gasteiger partial charge in [0.2, 0.25) is 0 Å². The van der Waals surface area contributed by atoms with E-state index in [1.807, 2.05) is 30.0 Å². The molecule has 8 nitrogen and oxygen atoms in total. The van der Waals surface area contributed by atoms with E-state index >= 15 is 0 Å². The molecule has 11 heteroatoms. The maximum atomic E-state index is 13.6. The molecule has 1 saturated heterocycles. The number of aromatic nitrogens is 4. The van der Waals surface area contributed by atoms with Gasteiger partial charge in [-0.05, 0) is 19.1 Å². The van der Waals surface area contributed by atoms with Gasteiger partial charge < -0.3 is 20.1 Å². The Labute approximate surface area is 217 Å². The Kier molecular flexibility index (Phi) is 6.68. The fourth-order valence-corrected chi connectivity index (χ4v) is 4.64. The summed E-state index contributed by atoms with van der Waals surface area (Å²) in [6, 6.07) is 10.5. The predicted octanol–water partition coefficient (Wildman–Crippen LogP) is 5.53. The molecular formula is C26H26ClF2N7O. The van der Waals surface area contributed by atoms with Crippen molar-refractivity contribution in [3.05, 3.63) is 76.2 Å². The molecule has 1 fully saturated rings. The van der Waals surface area contributed by atoms with Gasteiger partial charge in [0, 0.05) is 68.6 Å². The second-order valence-corrected chi connectivity index (χ2v) is 9.53. The van der Waals surface area contributed by atoms with Crippen molar-refractivity contribution in [2.24, 2.45) is 7.05 Å². The zero-order chi connectivity index (χ0) is 26.2. The van der Waals surface area contributed by atoms with E-state index in [9.17, 15) is 13.6 Å². The molecule has 192 valence electrons. The van der Waals surface area contributed by atoms with Gasteiger partial charge in [-0.1, -0.05) is 23.7 Å². The number of nitrogens with one attached hydrogen (secondary N) is 2. The number of rotatable bonds is 6. The van der Waals surface area contributed by atoms with Crippen LogP contribution in [0.5, 0.6) is 0 Å². The van der Waals surface area contributed by atoms with Gasteiger partial charge in [0.1, 0.15) is 11.6 Å². The summed E-state index contributed by atoms with van der Waals surface area (Å²) in [6.07, 6.45) is 4.42. The van der Waals surface area contributed by atoms with E-state index in [1.165, 1.54) is 6.20 Å². The fourth-order valence-electron chi connectivity index (χ4n) is 4.49. The molecule has 0 bridgehead atoms. The minimum Gasteiger partial charge on any atom is -0.375 e. The Hall–Kier alpha value is -3.79. The topological polar surface area (TPSA) is 88.0 Å². The molecule has 1 atom stereocenters. The number of para-hydroxylation sites is 1. The number of aryl methyl sites for hydroxylation is 1. The highest BCUT2D eigenvalue weighted by Crippen LogP contribution is 2.35. The first kappa shape index (κ1) is 24.9. The van der Waals surface area contributed by atoms with Crippen LogP contribution in [0.25, 0.3) is 10.9 Å². The summed E-state index contributed by atoms with van der Waals surface area (Å²) in [5.74, 6) is -1.47. The molecule has 0 spiro atoms. The second kappa shape index (κ2) is 9.93. The quantitative estimate of drug-likeness (QED) is 0.342. The highest BCUT2D eigenvalue weighted by Gasteiger charge is 2.34. The third-order valence-corrected chi connectivity index (χ3v) is 6.84. The Bertz CT molecular complexity index is 1490. The van der Waals surface area contributed by atoms with Crippen LogP contribution in [0.15, 0.2) is 59.8 Å². The van der Waals surface area contributed by atoms with Gasteiger partial charge in [0.15, 0.2) is 0 Å². The third-order valence-electron chi connectivity index (χ3n) is 6.53. The number of piperidine rings is 1. The molecule has 1 unspecified atom stereocenters. The van der Waals surface area contributed by atoms with Gasteiger partial charge in [-0.3, -0.25) is 4.79 Å². The van der Waals surface area contributed by atoms with Gasteiger partial charge in [-0.2, -0.15) is 0 Å². The van der Waals surface area contributed by atoms with Crippen molar-refractivity contribution in [3.8, 4) is 0 Å². The van der Waals surface area contributed by atoms with Crippen LogP contribution in [0.4, 0.5) is 31.7 Å². The molecule has 37 heavy (non-hydrogen) atoms. The summed E-state index contributed by atoms with van der Waals surface area (Å²) < 4.78 is 28.8. The van der Waals surface area contributed by atoms with Crippen LogP contribution in [0.1, 0.15) is 31.6 Å². The van der Waals surface area contributed by atoms with Crippen molar-refractivity contribution in [1.82, 2.24) is 19.5 Å². The lowest BCUT2D eigenvalue weighted by atomic mass is 10.1. The number of halogens is 3. The van der Waals surface area contributed by atoms with Crippen molar-refractivity contribution >= 4 is 45.4 Å². The molecule has 0 radical (unpaired) electrons. The van der Waals surface area contributed by atoms with Gasteiger partial charge >= 0.3 is 0 Å². The number of alkyl halides is 2. The van der Waals surface area contributed by atoms with Crippen LogP contribution in [0.2, 0.25) is 5.02 Å². The lowest BCUT2D eigenvalue weighted by Gasteiger charge is -2.32. The first-order chi connectivity index (χ1) is 17.7. The van der Waals surface area contributed by atoms with Crippen molar-refractivity contribution in [3.63, 3.8) is 0 Å². The fraction of sp³-hybridized carbons (Fsp3) is 0.308. The Morgan fingerprint density at radius 2 is 1.76 bits per heavy atom. The Morgan fingerprint density at radius 3 is 2.49 bits per heavy atom. The summed E-state index contributed by atoms with van der Waals surface area (Å²) in [5.41, 5.74) is 2.35. The number of benzene rings is 1. The van der Waals surface area contributed by atoms with Gasteiger partial charge in [0.25, 0.3) is 11.5 Å². The average Bonchev–Trinajstić information content (AvgIpc) is 2.89. The molecule has 4 aromatic rings. The zero-order valence-electron chi connectivity index (χ0n) is 20.4. The lowest BCUT2D eigenvalue weighted by molar-refractivity contribution is -0.0221. The molecule has 2 N–H and O–H groups in total.